The molecule has 1 aliphatic rings. The van der Waals surface area contributed by atoms with Crippen molar-refractivity contribution in [1.29, 1.82) is 5.26 Å². The molecule has 1 aliphatic heterocycles. The molecule has 0 aromatic heterocycles. The minimum atomic E-state index is -0.885. The highest BCUT2D eigenvalue weighted by molar-refractivity contribution is 6.10. The fraction of sp³-hybridized carbons (Fsp3) is 0.231. The third kappa shape index (κ3) is 3.16. The van der Waals surface area contributed by atoms with E-state index in [1.54, 1.807) is 37.4 Å². The van der Waals surface area contributed by atoms with Crippen molar-refractivity contribution in [3.63, 3.8) is 0 Å². The number of hydrogen-bond donors (Lipinski definition) is 0. The molecule has 1 aromatic rings. The molecule has 0 spiro atoms. The Morgan fingerprint density at radius 1 is 1.32 bits per heavy atom. The van der Waals surface area contributed by atoms with Crippen LogP contribution in [0.25, 0.3) is 0 Å². The molecule has 6 nitrogen and oxygen atoms in total. The predicted molar refractivity (Wildman–Crippen MR) is 68.5 cm³/mol. The summed E-state index contributed by atoms with van der Waals surface area (Å²) >= 11 is 0. The van der Waals surface area contributed by atoms with Crippen LogP contribution in [0.2, 0.25) is 0 Å². The van der Waals surface area contributed by atoms with Crippen LogP contribution in [0.15, 0.2) is 34.3 Å². The van der Waals surface area contributed by atoms with Crippen molar-refractivity contribution in [3.8, 4) is 17.6 Å². The van der Waals surface area contributed by atoms with Gasteiger partial charge in [-0.15, -0.1) is 0 Å². The summed E-state index contributed by atoms with van der Waals surface area (Å²) in [5.74, 6) is 0.212. The Balaban J connectivity index is 1.94. The molecule has 0 N–H and O–H groups in total. The van der Waals surface area contributed by atoms with Crippen LogP contribution in [0.3, 0.4) is 0 Å². The molecule has 0 radical (unpaired) electrons. The summed E-state index contributed by atoms with van der Waals surface area (Å²) in [6.45, 7) is 0.0761. The van der Waals surface area contributed by atoms with Gasteiger partial charge in [-0.25, -0.2) is 4.99 Å². The van der Waals surface area contributed by atoms with Gasteiger partial charge in [-0.3, -0.25) is 4.79 Å². The van der Waals surface area contributed by atoms with Crippen molar-refractivity contribution in [1.82, 2.24) is 0 Å². The maximum Gasteiger partial charge on any atom is 0.270 e. The fourth-order valence-electron chi connectivity index (χ4n) is 1.43. The number of ether oxygens (including phenoxy) is 2. The minimum absolute atomic E-state index is 0.0761. The second-order valence-electron chi connectivity index (χ2n) is 3.72. The highest BCUT2D eigenvalue weighted by Gasteiger charge is 2.19. The number of rotatable bonds is 4. The Bertz CT molecular complexity index is 570. The SMILES string of the molecule is COc1ccc(OCC2=NC(=O)C(C#N)C=N2)cc1. The zero-order valence-electron chi connectivity index (χ0n) is 10.2. The number of methoxy groups -OCH3 is 1. The molecule has 1 aromatic carbocycles. The molecule has 1 amide bonds. The van der Waals surface area contributed by atoms with Crippen molar-refractivity contribution in [2.24, 2.45) is 15.9 Å². The zero-order valence-corrected chi connectivity index (χ0v) is 10.2. The molecule has 1 atom stereocenters. The Morgan fingerprint density at radius 2 is 2.00 bits per heavy atom. The van der Waals surface area contributed by atoms with Gasteiger partial charge in [-0.2, -0.15) is 10.3 Å². The number of amidine groups is 1. The van der Waals surface area contributed by atoms with E-state index in [4.69, 9.17) is 14.7 Å². The van der Waals surface area contributed by atoms with E-state index in [0.29, 0.717) is 5.75 Å². The normalized spacial score (nSPS) is 17.6. The van der Waals surface area contributed by atoms with E-state index in [2.05, 4.69) is 9.98 Å². The number of carbonyl (C=O) groups excluding carboxylic acids is 1. The van der Waals surface area contributed by atoms with Gasteiger partial charge in [-0.1, -0.05) is 0 Å². The summed E-state index contributed by atoms with van der Waals surface area (Å²) in [6, 6.07) is 8.81. The van der Waals surface area contributed by atoms with Gasteiger partial charge in [0.2, 0.25) is 0 Å². The molecule has 96 valence electrons. The summed E-state index contributed by atoms with van der Waals surface area (Å²) in [4.78, 5) is 19.0. The lowest BCUT2D eigenvalue weighted by Gasteiger charge is -2.09. The molecule has 0 saturated carbocycles. The third-order valence-corrected chi connectivity index (χ3v) is 2.44. The number of nitriles is 1. The second kappa shape index (κ2) is 5.78. The molecule has 0 saturated heterocycles. The second-order valence-corrected chi connectivity index (χ2v) is 3.72. The average Bonchev–Trinajstić information content (AvgIpc) is 2.46. The van der Waals surface area contributed by atoms with E-state index in [1.165, 1.54) is 6.21 Å². The first kappa shape index (κ1) is 12.8. The van der Waals surface area contributed by atoms with Gasteiger partial charge < -0.3 is 9.47 Å². The predicted octanol–water partition coefficient (Wildman–Crippen LogP) is 1.22. The van der Waals surface area contributed by atoms with E-state index >= 15 is 0 Å². The van der Waals surface area contributed by atoms with Gasteiger partial charge in [0, 0.05) is 6.21 Å². The molecule has 2 rings (SSSR count). The summed E-state index contributed by atoms with van der Waals surface area (Å²) in [7, 11) is 1.58. The van der Waals surface area contributed by atoms with Crippen molar-refractivity contribution < 1.29 is 14.3 Å². The Morgan fingerprint density at radius 3 is 2.58 bits per heavy atom. The molecule has 6 heteroatoms. The Hall–Kier alpha value is -2.68. The molecular weight excluding hydrogens is 246 g/mol. The highest BCUT2D eigenvalue weighted by Crippen LogP contribution is 2.17. The Kier molecular flexibility index (Phi) is 3.88. The third-order valence-electron chi connectivity index (χ3n) is 2.44. The standard InChI is InChI=1S/C13H11N3O3/c1-18-10-2-4-11(5-3-10)19-8-12-15-7-9(6-14)13(17)16-12/h2-5,7,9H,8H2,1H3. The first-order valence-corrected chi connectivity index (χ1v) is 5.55. The lowest BCUT2D eigenvalue weighted by atomic mass is 10.2. The van der Waals surface area contributed by atoms with E-state index in [-0.39, 0.29) is 12.4 Å². The first-order chi connectivity index (χ1) is 9.22. The Labute approximate surface area is 110 Å². The summed E-state index contributed by atoms with van der Waals surface area (Å²) in [6.07, 6.45) is 1.28. The van der Waals surface area contributed by atoms with E-state index < -0.39 is 11.8 Å². The van der Waals surface area contributed by atoms with Crippen molar-refractivity contribution in [3.05, 3.63) is 24.3 Å². The van der Waals surface area contributed by atoms with E-state index in [9.17, 15) is 4.79 Å². The van der Waals surface area contributed by atoms with Crippen LogP contribution in [0, 0.1) is 17.2 Å². The molecule has 0 aliphatic carbocycles. The number of hydrogen-bond acceptors (Lipinski definition) is 5. The van der Waals surface area contributed by atoms with Crippen molar-refractivity contribution >= 4 is 18.0 Å². The van der Waals surface area contributed by atoms with Crippen LogP contribution < -0.4 is 9.47 Å². The lowest BCUT2D eigenvalue weighted by Crippen LogP contribution is -2.22. The highest BCUT2D eigenvalue weighted by atomic mass is 16.5. The molecule has 0 bridgehead atoms. The minimum Gasteiger partial charge on any atom is -0.497 e. The van der Waals surface area contributed by atoms with Gasteiger partial charge in [0.05, 0.1) is 13.2 Å². The van der Waals surface area contributed by atoms with Crippen LogP contribution >= 0.6 is 0 Å². The zero-order chi connectivity index (χ0) is 13.7. The van der Waals surface area contributed by atoms with E-state index in [1.807, 2.05) is 0 Å². The first-order valence-electron chi connectivity index (χ1n) is 5.55. The molecule has 0 fully saturated rings. The topological polar surface area (TPSA) is 84.0 Å². The van der Waals surface area contributed by atoms with E-state index in [0.717, 1.165) is 5.75 Å². The number of benzene rings is 1. The maximum absolute atomic E-state index is 11.4. The van der Waals surface area contributed by atoms with Crippen molar-refractivity contribution in [2.45, 2.75) is 0 Å². The molecule has 1 unspecified atom stereocenters. The van der Waals surface area contributed by atoms with Gasteiger partial charge in [-0.05, 0) is 24.3 Å². The number of aliphatic imine (C=N–C) groups is 2. The quantitative estimate of drug-likeness (QED) is 0.811. The van der Waals surface area contributed by atoms with Crippen LogP contribution in [0.4, 0.5) is 0 Å². The number of nitrogens with zero attached hydrogens (tertiary/aromatic N) is 3. The largest absolute Gasteiger partial charge is 0.497 e. The monoisotopic (exact) mass is 257 g/mol. The fourth-order valence-corrected chi connectivity index (χ4v) is 1.43. The van der Waals surface area contributed by atoms with Gasteiger partial charge >= 0.3 is 0 Å². The number of carbonyl (C=O) groups is 1. The van der Waals surface area contributed by atoms with Gasteiger partial charge in [0.15, 0.2) is 11.8 Å². The molecule has 1 heterocycles. The smallest absolute Gasteiger partial charge is 0.270 e. The van der Waals surface area contributed by atoms with Crippen LogP contribution in [-0.4, -0.2) is 31.7 Å². The summed E-state index contributed by atoms with van der Waals surface area (Å²) in [5, 5.41) is 8.63. The van der Waals surface area contributed by atoms with Crippen LogP contribution in [0.5, 0.6) is 11.5 Å². The maximum atomic E-state index is 11.4. The van der Waals surface area contributed by atoms with Gasteiger partial charge in [0.25, 0.3) is 5.91 Å². The van der Waals surface area contributed by atoms with Crippen LogP contribution in [-0.2, 0) is 4.79 Å². The van der Waals surface area contributed by atoms with Crippen molar-refractivity contribution in [2.75, 3.05) is 13.7 Å². The summed E-state index contributed by atoms with van der Waals surface area (Å²) in [5.41, 5.74) is 0. The number of amides is 1. The molecule has 19 heavy (non-hydrogen) atoms. The van der Waals surface area contributed by atoms with Gasteiger partial charge in [0.1, 0.15) is 18.1 Å². The average molecular weight is 257 g/mol. The lowest BCUT2D eigenvalue weighted by molar-refractivity contribution is -0.118. The van der Waals surface area contributed by atoms with Crippen LogP contribution in [0.1, 0.15) is 0 Å². The summed E-state index contributed by atoms with van der Waals surface area (Å²) < 4.78 is 10.5. The molecular formula is C13H11N3O3.